The Bertz CT molecular complexity index is 1620. The van der Waals surface area contributed by atoms with Gasteiger partial charge in [-0.1, -0.05) is 18.2 Å². The number of carbonyl (C=O) groups is 1. The summed E-state index contributed by atoms with van der Waals surface area (Å²) in [5.74, 6) is -0.466. The van der Waals surface area contributed by atoms with Crippen molar-refractivity contribution >= 4 is 40.4 Å². The summed E-state index contributed by atoms with van der Waals surface area (Å²) >= 11 is 0. The molecule has 4 heterocycles. The number of aryl methyl sites for hydroxylation is 1. The van der Waals surface area contributed by atoms with Crippen molar-refractivity contribution in [3.05, 3.63) is 72.8 Å². The molecule has 5 rings (SSSR count). The van der Waals surface area contributed by atoms with Crippen molar-refractivity contribution in [1.82, 2.24) is 34.5 Å². The molecule has 204 valence electrons. The second kappa shape index (κ2) is 11.9. The minimum atomic E-state index is -0.798. The van der Waals surface area contributed by atoms with Crippen molar-refractivity contribution in [2.75, 3.05) is 29.5 Å². The van der Waals surface area contributed by atoms with Crippen LogP contribution in [0.2, 0.25) is 0 Å². The Hall–Kier alpha value is -5.53. The van der Waals surface area contributed by atoms with Crippen molar-refractivity contribution in [2.45, 2.75) is 19.4 Å². The standard InChI is InChI=1S/C26H29N13O/c27-22-21(24(40)38-25(28)29)36-20(17-13-34-26(35-14-17)32-7-3-10-39-11-9-30-15-39)23(37-22)31-8-6-16-12-33-19-5-2-1-4-18(16)19/h1-2,4-5,9,11-15,33H,3,6-8,10H2,(H3,27,31,37)(H,32,34,35)(H4,28,29,38,40). The van der Waals surface area contributed by atoms with E-state index in [0.29, 0.717) is 42.5 Å². The Morgan fingerprint density at radius 3 is 2.67 bits per heavy atom. The summed E-state index contributed by atoms with van der Waals surface area (Å²) in [6, 6.07) is 8.09. The zero-order valence-corrected chi connectivity index (χ0v) is 21.6. The van der Waals surface area contributed by atoms with Gasteiger partial charge in [0.05, 0.1) is 6.33 Å². The number of amides is 1. The highest BCUT2D eigenvalue weighted by molar-refractivity contribution is 6.03. The zero-order valence-electron chi connectivity index (χ0n) is 21.6. The lowest BCUT2D eigenvalue weighted by Crippen LogP contribution is -2.25. The van der Waals surface area contributed by atoms with Gasteiger partial charge in [-0.05, 0) is 24.5 Å². The molecule has 14 heteroatoms. The van der Waals surface area contributed by atoms with Crippen LogP contribution in [0.3, 0.4) is 0 Å². The predicted molar refractivity (Wildman–Crippen MR) is 153 cm³/mol. The number of fused-ring (bicyclic) bond motifs is 1. The Kier molecular flexibility index (Phi) is 7.76. The molecule has 4 aromatic heterocycles. The fourth-order valence-electron chi connectivity index (χ4n) is 4.18. The van der Waals surface area contributed by atoms with E-state index in [4.69, 9.17) is 17.2 Å². The minimum absolute atomic E-state index is 0.106. The number of carbonyl (C=O) groups excluding carboxylic acids is 1. The van der Waals surface area contributed by atoms with Gasteiger partial charge >= 0.3 is 5.91 Å². The van der Waals surface area contributed by atoms with E-state index >= 15 is 0 Å². The first-order chi connectivity index (χ1) is 19.5. The van der Waals surface area contributed by atoms with Crippen LogP contribution in [-0.2, 0) is 13.0 Å². The maximum Gasteiger partial charge on any atom is 0.302 e. The largest absolute Gasteiger partial charge is 0.382 e. The van der Waals surface area contributed by atoms with Crippen LogP contribution >= 0.6 is 0 Å². The SMILES string of the molecule is NC(N)=NC(=O)c1nc(-c2cnc(NCCCn3ccnc3)nc2)c(NCCc2c[nH]c3ccccc23)nc1N. The van der Waals surface area contributed by atoms with Gasteiger partial charge < -0.3 is 37.4 Å². The van der Waals surface area contributed by atoms with Gasteiger partial charge in [-0.3, -0.25) is 4.79 Å². The van der Waals surface area contributed by atoms with Gasteiger partial charge in [-0.2, -0.15) is 4.99 Å². The van der Waals surface area contributed by atoms with E-state index in [0.717, 1.165) is 29.4 Å². The van der Waals surface area contributed by atoms with Crippen LogP contribution in [0.1, 0.15) is 22.5 Å². The highest BCUT2D eigenvalue weighted by Crippen LogP contribution is 2.27. The molecule has 40 heavy (non-hydrogen) atoms. The molecule has 0 bridgehead atoms. The molecule has 0 atom stereocenters. The number of guanidine groups is 1. The van der Waals surface area contributed by atoms with Gasteiger partial charge in [0.1, 0.15) is 5.69 Å². The summed E-state index contributed by atoms with van der Waals surface area (Å²) in [7, 11) is 0. The minimum Gasteiger partial charge on any atom is -0.382 e. The van der Waals surface area contributed by atoms with E-state index in [1.807, 2.05) is 35.2 Å². The number of nitrogen functional groups attached to an aromatic ring is 1. The normalized spacial score (nSPS) is 10.9. The highest BCUT2D eigenvalue weighted by atomic mass is 16.1. The number of aromatic nitrogens is 7. The highest BCUT2D eigenvalue weighted by Gasteiger charge is 2.19. The van der Waals surface area contributed by atoms with E-state index in [9.17, 15) is 4.79 Å². The van der Waals surface area contributed by atoms with E-state index in [-0.39, 0.29) is 11.5 Å². The summed E-state index contributed by atoms with van der Waals surface area (Å²) in [4.78, 5) is 41.1. The fourth-order valence-corrected chi connectivity index (χ4v) is 4.18. The molecule has 0 aliphatic carbocycles. The number of hydrogen-bond acceptors (Lipinski definition) is 9. The van der Waals surface area contributed by atoms with E-state index in [1.54, 1.807) is 24.9 Å². The number of rotatable bonds is 11. The molecule has 1 amide bonds. The first-order valence-electron chi connectivity index (χ1n) is 12.6. The quantitative estimate of drug-likeness (QED) is 0.0807. The topological polar surface area (TPSA) is 217 Å². The molecule has 9 N–H and O–H groups in total. The monoisotopic (exact) mass is 539 g/mol. The summed E-state index contributed by atoms with van der Waals surface area (Å²) < 4.78 is 2.00. The molecule has 0 saturated carbocycles. The van der Waals surface area contributed by atoms with Crippen molar-refractivity contribution < 1.29 is 4.79 Å². The predicted octanol–water partition coefficient (Wildman–Crippen LogP) is 1.76. The summed E-state index contributed by atoms with van der Waals surface area (Å²) in [6.07, 6.45) is 12.2. The number of nitrogens with two attached hydrogens (primary N) is 3. The number of para-hydroxylation sites is 1. The number of hydrogen-bond donors (Lipinski definition) is 6. The summed E-state index contributed by atoms with van der Waals surface area (Å²) in [5.41, 5.74) is 19.7. The van der Waals surface area contributed by atoms with Crippen molar-refractivity contribution in [3.8, 4) is 11.3 Å². The van der Waals surface area contributed by atoms with E-state index in [2.05, 4.69) is 51.6 Å². The van der Waals surface area contributed by atoms with Crippen LogP contribution in [0, 0.1) is 0 Å². The van der Waals surface area contributed by atoms with Gasteiger partial charge in [0, 0.05) is 67.1 Å². The smallest absolute Gasteiger partial charge is 0.302 e. The number of nitrogens with zero attached hydrogens (tertiary/aromatic N) is 7. The average molecular weight is 540 g/mol. The summed E-state index contributed by atoms with van der Waals surface area (Å²) in [5, 5.41) is 7.63. The molecule has 0 spiro atoms. The molecule has 0 aliphatic heterocycles. The van der Waals surface area contributed by atoms with Gasteiger partial charge in [0.25, 0.3) is 0 Å². The molecular weight excluding hydrogens is 510 g/mol. The van der Waals surface area contributed by atoms with Crippen LogP contribution in [0.15, 0.2) is 66.6 Å². The molecule has 0 fully saturated rings. The number of nitrogens with one attached hydrogen (secondary N) is 3. The van der Waals surface area contributed by atoms with Gasteiger partial charge in [-0.25, -0.2) is 24.9 Å². The molecule has 14 nitrogen and oxygen atoms in total. The van der Waals surface area contributed by atoms with Gasteiger partial charge in [-0.15, -0.1) is 0 Å². The van der Waals surface area contributed by atoms with Crippen molar-refractivity contribution in [1.29, 1.82) is 0 Å². The molecule has 0 unspecified atom stereocenters. The van der Waals surface area contributed by atoms with Crippen LogP contribution in [0.5, 0.6) is 0 Å². The first-order valence-corrected chi connectivity index (χ1v) is 12.6. The van der Waals surface area contributed by atoms with E-state index in [1.165, 1.54) is 0 Å². The number of imidazole rings is 1. The van der Waals surface area contributed by atoms with Gasteiger partial charge in [0.15, 0.2) is 23.3 Å². The lowest BCUT2D eigenvalue weighted by molar-refractivity contribution is 0.0998. The Morgan fingerprint density at radius 2 is 1.90 bits per heavy atom. The maximum atomic E-state index is 12.5. The second-order valence-electron chi connectivity index (χ2n) is 8.91. The number of aromatic amines is 1. The van der Waals surface area contributed by atoms with E-state index < -0.39 is 11.9 Å². The molecule has 5 aromatic rings. The van der Waals surface area contributed by atoms with Crippen molar-refractivity contribution in [2.24, 2.45) is 16.5 Å². The number of aliphatic imine (C=N–C) groups is 1. The first kappa shape index (κ1) is 26.1. The molecular formula is C26H29N13O. The third kappa shape index (κ3) is 6.12. The molecule has 0 radical (unpaired) electrons. The van der Waals surface area contributed by atoms with Crippen LogP contribution < -0.4 is 27.8 Å². The Labute approximate surface area is 229 Å². The fraction of sp³-hybridized carbons (Fsp3) is 0.192. The lowest BCUT2D eigenvalue weighted by atomic mass is 10.1. The molecule has 1 aromatic carbocycles. The Balaban J connectivity index is 1.34. The van der Waals surface area contributed by atoms with Crippen LogP contribution in [0.25, 0.3) is 22.2 Å². The van der Waals surface area contributed by atoms with Crippen LogP contribution in [0.4, 0.5) is 17.6 Å². The van der Waals surface area contributed by atoms with Gasteiger partial charge in [0.2, 0.25) is 5.95 Å². The average Bonchev–Trinajstić information content (AvgIpc) is 3.62. The third-order valence-corrected chi connectivity index (χ3v) is 6.08. The summed E-state index contributed by atoms with van der Waals surface area (Å²) in [6.45, 7) is 2.03. The Morgan fingerprint density at radius 1 is 1.07 bits per heavy atom. The van der Waals surface area contributed by atoms with Crippen LogP contribution in [-0.4, -0.2) is 59.4 Å². The molecule has 0 aliphatic rings. The lowest BCUT2D eigenvalue weighted by Gasteiger charge is -2.13. The number of anilines is 3. The molecule has 0 saturated heterocycles. The second-order valence-corrected chi connectivity index (χ2v) is 8.91. The number of benzene rings is 1. The van der Waals surface area contributed by atoms with Crippen molar-refractivity contribution in [3.63, 3.8) is 0 Å². The maximum absolute atomic E-state index is 12.5. The number of H-pyrrole nitrogens is 1. The zero-order chi connectivity index (χ0) is 27.9. The third-order valence-electron chi connectivity index (χ3n) is 6.08.